The van der Waals surface area contributed by atoms with Gasteiger partial charge in [-0.25, -0.2) is 9.18 Å². The van der Waals surface area contributed by atoms with Gasteiger partial charge in [0, 0.05) is 22.5 Å². The van der Waals surface area contributed by atoms with Crippen molar-refractivity contribution in [3.8, 4) is 0 Å². The van der Waals surface area contributed by atoms with Gasteiger partial charge in [-0.3, -0.25) is 0 Å². The van der Waals surface area contributed by atoms with Gasteiger partial charge in [-0.05, 0) is 49.2 Å². The Bertz CT molecular complexity index is 1340. The molecule has 3 aromatic carbocycles. The summed E-state index contributed by atoms with van der Waals surface area (Å²) < 4.78 is 22.9. The van der Waals surface area contributed by atoms with E-state index in [2.05, 4.69) is 15.6 Å². The van der Waals surface area contributed by atoms with Crippen LogP contribution in [0.5, 0.6) is 0 Å². The molecule has 0 bridgehead atoms. The Labute approximate surface area is 227 Å². The summed E-state index contributed by atoms with van der Waals surface area (Å²) in [5, 5.41) is 11.8. The number of oxime groups is 2. The second kappa shape index (κ2) is 14.9. The van der Waals surface area contributed by atoms with E-state index in [0.717, 1.165) is 22.5 Å². The van der Waals surface area contributed by atoms with Crippen LogP contribution in [0.4, 0.5) is 15.8 Å². The lowest BCUT2D eigenvalue weighted by molar-refractivity contribution is -0.133. The monoisotopic (exact) mass is 533 g/mol. The van der Waals surface area contributed by atoms with Gasteiger partial charge in [0.1, 0.15) is 36.9 Å². The van der Waals surface area contributed by atoms with Crippen LogP contribution in [0.25, 0.3) is 5.57 Å². The van der Waals surface area contributed by atoms with Crippen molar-refractivity contribution in [1.29, 1.82) is 0 Å². The molecule has 3 rings (SSSR count). The predicted molar refractivity (Wildman–Crippen MR) is 150 cm³/mol. The molecule has 0 unspecified atom stereocenters. The standard InChI is InChI=1S/C30H32FN3O5/c1-5-38-34-29(23-13-15-25(16-14-23)32-26-11-8-9-22(17-26)18-31)21(2)33-39-19-24-10-6-7-12-27(24)28(20-36-3)30(35)37-4/h6-17,20,32H,5,18-19H2,1-4H3/b28-20+,33-21+,34-29-. The Morgan fingerprint density at radius 1 is 0.949 bits per heavy atom. The first kappa shape index (κ1) is 28.9. The highest BCUT2D eigenvalue weighted by atomic mass is 19.1. The number of methoxy groups -OCH3 is 2. The molecule has 1 N–H and O–H groups in total. The van der Waals surface area contributed by atoms with Crippen molar-refractivity contribution in [2.75, 3.05) is 26.1 Å². The van der Waals surface area contributed by atoms with Crippen molar-refractivity contribution in [3.63, 3.8) is 0 Å². The van der Waals surface area contributed by atoms with Gasteiger partial charge in [-0.15, -0.1) is 0 Å². The van der Waals surface area contributed by atoms with E-state index in [1.165, 1.54) is 20.5 Å². The Kier molecular flexibility index (Phi) is 11.1. The second-order valence-electron chi connectivity index (χ2n) is 8.26. The SMILES string of the molecule is CCO/N=C(/C(C)=N/OCc1ccccc1/C(=C\OC)C(=O)OC)c1ccc(Nc2cccc(CF)c2)cc1. The largest absolute Gasteiger partial charge is 0.503 e. The third-order valence-electron chi connectivity index (χ3n) is 5.53. The highest BCUT2D eigenvalue weighted by Crippen LogP contribution is 2.22. The van der Waals surface area contributed by atoms with Gasteiger partial charge < -0.3 is 24.5 Å². The van der Waals surface area contributed by atoms with Crippen LogP contribution in [-0.2, 0) is 37.2 Å². The van der Waals surface area contributed by atoms with E-state index in [-0.39, 0.29) is 12.2 Å². The van der Waals surface area contributed by atoms with Gasteiger partial charge in [-0.2, -0.15) is 0 Å². The molecule has 0 saturated carbocycles. The first-order valence-corrected chi connectivity index (χ1v) is 12.3. The summed E-state index contributed by atoms with van der Waals surface area (Å²) in [5.74, 6) is -0.525. The summed E-state index contributed by atoms with van der Waals surface area (Å²) in [6.07, 6.45) is 1.34. The van der Waals surface area contributed by atoms with Gasteiger partial charge in [0.15, 0.2) is 0 Å². The lowest BCUT2D eigenvalue weighted by Crippen LogP contribution is -2.14. The van der Waals surface area contributed by atoms with Crippen LogP contribution in [-0.4, -0.2) is 38.2 Å². The number of alkyl halides is 1. The zero-order valence-electron chi connectivity index (χ0n) is 22.4. The molecular formula is C30H32FN3O5. The van der Waals surface area contributed by atoms with Crippen LogP contribution in [0.2, 0.25) is 0 Å². The minimum atomic E-state index is -0.525. The van der Waals surface area contributed by atoms with Gasteiger partial charge in [0.2, 0.25) is 0 Å². The van der Waals surface area contributed by atoms with Crippen molar-refractivity contribution >= 4 is 34.3 Å². The van der Waals surface area contributed by atoms with Crippen molar-refractivity contribution in [2.45, 2.75) is 27.1 Å². The van der Waals surface area contributed by atoms with Gasteiger partial charge in [0.05, 0.1) is 20.5 Å². The number of anilines is 2. The fourth-order valence-electron chi connectivity index (χ4n) is 3.67. The second-order valence-corrected chi connectivity index (χ2v) is 8.26. The molecule has 9 heteroatoms. The van der Waals surface area contributed by atoms with Crippen LogP contribution in [0.15, 0.2) is 89.4 Å². The lowest BCUT2D eigenvalue weighted by Gasteiger charge is -2.12. The number of ether oxygens (including phenoxy) is 2. The number of hydrogen-bond donors (Lipinski definition) is 1. The Hall–Kier alpha value is -4.66. The number of nitrogens with zero attached hydrogens (tertiary/aromatic N) is 2. The molecule has 8 nitrogen and oxygen atoms in total. The fourth-order valence-corrected chi connectivity index (χ4v) is 3.67. The molecule has 0 radical (unpaired) electrons. The first-order valence-electron chi connectivity index (χ1n) is 12.3. The minimum absolute atomic E-state index is 0.0915. The molecule has 0 saturated heterocycles. The van der Waals surface area contributed by atoms with E-state index in [9.17, 15) is 9.18 Å². The Morgan fingerprint density at radius 2 is 1.72 bits per heavy atom. The zero-order chi connectivity index (χ0) is 28.0. The van der Waals surface area contributed by atoms with E-state index in [0.29, 0.717) is 29.2 Å². The smallest absolute Gasteiger partial charge is 0.341 e. The Morgan fingerprint density at radius 3 is 2.41 bits per heavy atom. The van der Waals surface area contributed by atoms with Crippen molar-refractivity contribution in [1.82, 2.24) is 0 Å². The maximum Gasteiger partial charge on any atom is 0.341 e. The number of rotatable bonds is 13. The van der Waals surface area contributed by atoms with Crippen molar-refractivity contribution < 1.29 is 28.3 Å². The maximum atomic E-state index is 13.0. The zero-order valence-corrected chi connectivity index (χ0v) is 22.4. The number of nitrogens with one attached hydrogen (secondary N) is 1. The summed E-state index contributed by atoms with van der Waals surface area (Å²) in [7, 11) is 2.77. The maximum absolute atomic E-state index is 13.0. The van der Waals surface area contributed by atoms with E-state index >= 15 is 0 Å². The average Bonchev–Trinajstić information content (AvgIpc) is 2.97. The normalized spacial score (nSPS) is 12.1. The number of benzene rings is 3. The first-order chi connectivity index (χ1) is 19.0. The summed E-state index contributed by atoms with van der Waals surface area (Å²) >= 11 is 0. The van der Waals surface area contributed by atoms with E-state index in [1.807, 2.05) is 55.5 Å². The van der Waals surface area contributed by atoms with Crippen LogP contribution < -0.4 is 5.32 Å². The third kappa shape index (κ3) is 8.16. The molecule has 0 heterocycles. The molecule has 3 aromatic rings. The molecule has 0 atom stereocenters. The van der Waals surface area contributed by atoms with Crippen molar-refractivity contribution in [3.05, 3.63) is 101 Å². The molecule has 0 amide bonds. The van der Waals surface area contributed by atoms with E-state index in [4.69, 9.17) is 19.1 Å². The average molecular weight is 534 g/mol. The summed E-state index contributed by atoms with van der Waals surface area (Å²) in [4.78, 5) is 23.2. The van der Waals surface area contributed by atoms with Crippen LogP contribution >= 0.6 is 0 Å². The molecule has 204 valence electrons. The van der Waals surface area contributed by atoms with Crippen molar-refractivity contribution in [2.24, 2.45) is 10.3 Å². The van der Waals surface area contributed by atoms with Gasteiger partial charge in [-0.1, -0.05) is 58.8 Å². The number of esters is 1. The Balaban J connectivity index is 1.77. The lowest BCUT2D eigenvalue weighted by atomic mass is 10.0. The van der Waals surface area contributed by atoms with E-state index < -0.39 is 12.6 Å². The summed E-state index contributed by atoms with van der Waals surface area (Å²) in [5.41, 5.74) is 5.61. The van der Waals surface area contributed by atoms with E-state index in [1.54, 1.807) is 31.2 Å². The quantitative estimate of drug-likeness (QED) is 0.0900. The van der Waals surface area contributed by atoms with Crippen LogP contribution in [0.3, 0.4) is 0 Å². The summed E-state index contributed by atoms with van der Waals surface area (Å²) in [6.45, 7) is 3.56. The van der Waals surface area contributed by atoms with Gasteiger partial charge in [0.25, 0.3) is 0 Å². The molecule has 39 heavy (non-hydrogen) atoms. The highest BCUT2D eigenvalue weighted by Gasteiger charge is 2.17. The number of carbonyl (C=O) groups excluding carboxylic acids is 1. The molecule has 0 aromatic heterocycles. The minimum Gasteiger partial charge on any atom is -0.503 e. The number of hydrogen-bond acceptors (Lipinski definition) is 8. The summed E-state index contributed by atoms with van der Waals surface area (Å²) in [6, 6.07) is 22.0. The molecular weight excluding hydrogens is 501 g/mol. The van der Waals surface area contributed by atoms with Crippen LogP contribution in [0.1, 0.15) is 36.1 Å². The predicted octanol–water partition coefficient (Wildman–Crippen LogP) is 6.39. The molecule has 0 fully saturated rings. The molecule has 0 spiro atoms. The molecule has 0 aliphatic carbocycles. The van der Waals surface area contributed by atoms with Gasteiger partial charge >= 0.3 is 5.97 Å². The van der Waals surface area contributed by atoms with Crippen LogP contribution in [0, 0.1) is 0 Å². The molecule has 0 aliphatic heterocycles. The fraction of sp³-hybridized carbons (Fsp3) is 0.233. The third-order valence-corrected chi connectivity index (χ3v) is 5.53. The number of halogens is 1. The molecule has 0 aliphatic rings. The highest BCUT2D eigenvalue weighted by molar-refractivity contribution is 6.47. The topological polar surface area (TPSA) is 90.7 Å². The number of carbonyl (C=O) groups is 1.